The first kappa shape index (κ1) is 76.8. The number of fused-ring (bicyclic) bond motifs is 4. The molecule has 0 radical (unpaired) electrons. The molecule has 16 nitrogen and oxygen atoms in total. The van der Waals surface area contributed by atoms with E-state index in [1.165, 1.54) is 0 Å². The highest BCUT2D eigenvalue weighted by Gasteiger charge is 2.22. The van der Waals surface area contributed by atoms with Crippen LogP contribution in [0.2, 0.25) is 0 Å². The fourth-order valence-corrected chi connectivity index (χ4v) is 17.2. The van der Waals surface area contributed by atoms with E-state index in [0.717, 1.165) is 202 Å². The van der Waals surface area contributed by atoms with Gasteiger partial charge in [-0.05, 0) is 298 Å². The first-order chi connectivity index (χ1) is 64.3. The summed E-state index contributed by atoms with van der Waals surface area (Å²) in [6, 6.07) is 165. The summed E-state index contributed by atoms with van der Waals surface area (Å²) in [6.45, 7) is 0. The second kappa shape index (κ2) is 33.6. The highest BCUT2D eigenvalue weighted by Crippen LogP contribution is 2.44. The third-order valence-electron chi connectivity index (χ3n) is 23.9. The van der Waals surface area contributed by atoms with Crippen molar-refractivity contribution in [3.8, 4) is 89.5 Å². The van der Waals surface area contributed by atoms with Crippen LogP contribution in [-0.2, 0) is 0 Å². The quantitative estimate of drug-likeness (QED) is 0.0639. The maximum Gasteiger partial charge on any atom is 0.121 e. The smallest absolute Gasteiger partial charge is 0.121 e. The minimum atomic E-state index is 0.762. The van der Waals surface area contributed by atoms with Gasteiger partial charge in [0.1, 0.15) is 44.1 Å². The lowest BCUT2D eigenvalue weighted by molar-refractivity contribution is 0.765. The van der Waals surface area contributed by atoms with E-state index in [1.54, 1.807) is 19.2 Å². The average molecular weight is 1670 g/mol. The highest BCUT2D eigenvalue weighted by molar-refractivity contribution is 5.95. The largest absolute Gasteiger partial charge is 0.311 e. The molecule has 16 heteroatoms. The summed E-state index contributed by atoms with van der Waals surface area (Å²) in [5.74, 6) is 0. The molecule has 0 atom stereocenters. The highest BCUT2D eigenvalue weighted by atomic mass is 15.5. The molecule has 23 aromatic rings. The van der Waals surface area contributed by atoms with Crippen molar-refractivity contribution in [2.45, 2.75) is 0 Å². The zero-order valence-electron chi connectivity index (χ0n) is 70.2. The summed E-state index contributed by atoms with van der Waals surface area (Å²) in [4.78, 5) is 16.0. The third kappa shape index (κ3) is 15.2. The van der Waals surface area contributed by atoms with Crippen LogP contribution in [0.5, 0.6) is 0 Å². The Morgan fingerprint density at radius 2 is 0.315 bits per heavy atom. The maximum atomic E-state index is 5.13. The van der Waals surface area contributed by atoms with Gasteiger partial charge in [0, 0.05) is 73.8 Å². The van der Waals surface area contributed by atoms with Crippen molar-refractivity contribution in [3.63, 3.8) is 0 Å². The zero-order chi connectivity index (χ0) is 86.2. The molecule has 0 unspecified atom stereocenters. The molecule has 19 aromatic carbocycles. The SMILES string of the molecule is c1ccc(N(c2ccc(-c3ccc(-c4ccc(N(c5ccccc5)c5ccc(-c6ccc(-n7nc8cccc(-c9ccc%10nn(-c%11ccc(N(c%12ccccc%12)c%12ccc(-c%13ccc(N(c%14ccccc%14)c%14ccc(-n%15nc%16ccccc%16n%15)cc%14)cc%13)cc%12)cc%11)nc%10c9)c8n7)cc6)cc5)cc4)cc3)cc2)c2ccc(-c3ccc(-n4nc5ccccc5n4)cc3)cc2)cc1. The van der Waals surface area contributed by atoms with Gasteiger partial charge >= 0.3 is 0 Å². The Morgan fingerprint density at radius 1 is 0.131 bits per heavy atom. The Bertz CT molecular complexity index is 7870. The summed E-state index contributed by atoms with van der Waals surface area (Å²) in [5, 5.41) is 38.9. The normalized spacial score (nSPS) is 11.4. The van der Waals surface area contributed by atoms with Crippen LogP contribution in [-0.4, -0.2) is 60.0 Å². The van der Waals surface area contributed by atoms with E-state index in [-0.39, 0.29) is 0 Å². The molecule has 130 heavy (non-hydrogen) atoms. The van der Waals surface area contributed by atoms with E-state index in [1.807, 2.05) is 78.9 Å². The van der Waals surface area contributed by atoms with Crippen LogP contribution in [0.3, 0.4) is 0 Å². The molecule has 4 heterocycles. The van der Waals surface area contributed by atoms with E-state index < -0.39 is 0 Å². The predicted molar refractivity (Wildman–Crippen MR) is 527 cm³/mol. The maximum absolute atomic E-state index is 5.13. The molecule has 0 bridgehead atoms. The topological polar surface area (TPSA) is 136 Å². The molecule has 0 N–H and O–H groups in total. The zero-order valence-corrected chi connectivity index (χ0v) is 70.2. The van der Waals surface area contributed by atoms with E-state index >= 15 is 0 Å². The second-order valence-electron chi connectivity index (χ2n) is 32.0. The molecule has 0 aliphatic carbocycles. The van der Waals surface area contributed by atoms with Gasteiger partial charge in [0.15, 0.2) is 0 Å². The minimum absolute atomic E-state index is 0.762. The first-order valence-electron chi connectivity index (χ1n) is 43.3. The Kier molecular flexibility index (Phi) is 19.8. The standard InChI is InChI=1S/C114H78N16/c1-5-18-90(19-6-1)123(96-57-44-85(45-58-96)87-48-65-102(66-49-87)127-115-107-27-13-14-28-108(107)116-127)94-53-36-81(37-54-94)79-32-34-80(35-33-79)82-38-55-95(56-39-82)124(91-20-7-2-8-21-91)97-59-46-86(47-60-97)88-50-67-103(68-51-88)130-120-112-31-17-26-106(114(112)122-130)89-52-77-111-113(78-89)121-129(119-111)105-75-71-101(72-76-105)126(93-24-11-4-12-25-93)99-63-42-84(43-64-99)83-40-61-98(62-41-83)125(92-22-9-3-10-23-92)100-69-73-104(74-70-100)128-117-109-29-15-16-30-110(109)118-128/h1-78H. The van der Waals surface area contributed by atoms with Crippen molar-refractivity contribution in [3.05, 3.63) is 473 Å². The van der Waals surface area contributed by atoms with Crippen LogP contribution in [0, 0.1) is 0 Å². The van der Waals surface area contributed by atoms with Crippen LogP contribution in [0.25, 0.3) is 134 Å². The van der Waals surface area contributed by atoms with Crippen LogP contribution < -0.4 is 19.6 Å². The summed E-state index contributed by atoms with van der Waals surface area (Å²) in [6.07, 6.45) is 0. The van der Waals surface area contributed by atoms with Crippen molar-refractivity contribution in [1.29, 1.82) is 0 Å². The van der Waals surface area contributed by atoms with Gasteiger partial charge in [0.2, 0.25) is 0 Å². The molecule has 0 aliphatic rings. The van der Waals surface area contributed by atoms with Crippen LogP contribution in [0.4, 0.5) is 68.2 Å². The molecule has 0 saturated carbocycles. The van der Waals surface area contributed by atoms with Crippen molar-refractivity contribution < 1.29 is 0 Å². The monoisotopic (exact) mass is 1670 g/mol. The minimum Gasteiger partial charge on any atom is -0.311 e. The number of anilines is 12. The number of hydrogen-bond donors (Lipinski definition) is 0. The predicted octanol–water partition coefficient (Wildman–Crippen LogP) is 28.5. The van der Waals surface area contributed by atoms with Gasteiger partial charge in [-0.15, -0.1) is 40.8 Å². The van der Waals surface area contributed by atoms with Gasteiger partial charge in [-0.3, -0.25) is 0 Å². The number of hydrogen-bond acceptors (Lipinski definition) is 12. The number of nitrogens with zero attached hydrogens (tertiary/aromatic N) is 16. The van der Waals surface area contributed by atoms with E-state index in [9.17, 15) is 0 Å². The molecule has 0 saturated heterocycles. The fraction of sp³-hybridized carbons (Fsp3) is 0. The van der Waals surface area contributed by atoms with Crippen LogP contribution in [0.15, 0.2) is 473 Å². The summed E-state index contributed by atoms with van der Waals surface area (Å²) >= 11 is 0. The fourth-order valence-electron chi connectivity index (χ4n) is 17.2. The Hall–Kier alpha value is -18.0. The molecular weight excluding hydrogens is 1590 g/mol. The first-order valence-corrected chi connectivity index (χ1v) is 43.3. The van der Waals surface area contributed by atoms with Gasteiger partial charge < -0.3 is 19.6 Å². The number of benzene rings is 19. The van der Waals surface area contributed by atoms with Crippen LogP contribution in [0.1, 0.15) is 0 Å². The van der Waals surface area contributed by atoms with E-state index in [4.69, 9.17) is 30.6 Å². The van der Waals surface area contributed by atoms with Crippen molar-refractivity contribution in [2.24, 2.45) is 0 Å². The lowest BCUT2D eigenvalue weighted by Gasteiger charge is -2.26. The molecule has 0 spiro atoms. The van der Waals surface area contributed by atoms with E-state index in [2.05, 4.69) is 424 Å². The number of para-hydroxylation sites is 4. The summed E-state index contributed by atoms with van der Waals surface area (Å²) in [5.41, 5.74) is 35.7. The molecule has 4 aromatic heterocycles. The lowest BCUT2D eigenvalue weighted by Crippen LogP contribution is -2.10. The average Bonchev–Trinajstić information content (AvgIpc) is 1.70. The second-order valence-corrected chi connectivity index (χ2v) is 32.0. The van der Waals surface area contributed by atoms with Gasteiger partial charge in [0.05, 0.1) is 22.7 Å². The van der Waals surface area contributed by atoms with Gasteiger partial charge in [-0.25, -0.2) is 0 Å². The molecule has 0 fully saturated rings. The summed E-state index contributed by atoms with van der Waals surface area (Å²) < 4.78 is 0. The molecule has 0 aliphatic heterocycles. The molecule has 0 amide bonds. The van der Waals surface area contributed by atoms with E-state index in [0.29, 0.717) is 0 Å². The van der Waals surface area contributed by atoms with Crippen molar-refractivity contribution in [2.75, 3.05) is 19.6 Å². The molecule has 614 valence electrons. The summed E-state index contributed by atoms with van der Waals surface area (Å²) in [7, 11) is 0. The van der Waals surface area contributed by atoms with Gasteiger partial charge in [0.25, 0.3) is 0 Å². The Morgan fingerprint density at radius 3 is 0.592 bits per heavy atom. The Labute approximate surface area is 749 Å². The Balaban J connectivity index is 0.440. The molecular formula is C114H78N16. The number of rotatable bonds is 22. The van der Waals surface area contributed by atoms with Gasteiger partial charge in [-0.2, -0.15) is 19.2 Å². The number of aromatic nitrogens is 12. The van der Waals surface area contributed by atoms with Gasteiger partial charge in [-0.1, -0.05) is 237 Å². The van der Waals surface area contributed by atoms with Crippen molar-refractivity contribution >= 4 is 112 Å². The van der Waals surface area contributed by atoms with Crippen molar-refractivity contribution in [1.82, 2.24) is 60.0 Å². The lowest BCUT2D eigenvalue weighted by atomic mass is 9.99. The van der Waals surface area contributed by atoms with Crippen LogP contribution >= 0.6 is 0 Å². The third-order valence-corrected chi connectivity index (χ3v) is 23.9. The molecule has 23 rings (SSSR count).